The topological polar surface area (TPSA) is 25.4 Å². The predicted molar refractivity (Wildman–Crippen MR) is 88.1 cm³/mol. The van der Waals surface area contributed by atoms with Crippen LogP contribution in [0, 0.1) is 0 Å². The van der Waals surface area contributed by atoms with E-state index in [-0.39, 0.29) is 0 Å². The number of pyridine rings is 1. The Kier molecular flexibility index (Phi) is 3.65. The van der Waals surface area contributed by atoms with Gasteiger partial charge < -0.3 is 4.74 Å². The highest BCUT2D eigenvalue weighted by Crippen LogP contribution is 2.46. The van der Waals surface area contributed by atoms with Gasteiger partial charge in [0.25, 0.3) is 0 Å². The predicted octanol–water partition coefficient (Wildman–Crippen LogP) is 3.28. The van der Waals surface area contributed by atoms with Gasteiger partial charge >= 0.3 is 0 Å². The number of thiophene rings is 1. The maximum absolute atomic E-state index is 6.05. The highest BCUT2D eigenvalue weighted by molar-refractivity contribution is 8.01. The third kappa shape index (κ3) is 2.96. The SMILES string of the molecule is c1cncc(OC2CSC3(C2)CN(Cc2ccsc2)C3)c1. The zero-order valence-electron chi connectivity index (χ0n) is 11.8. The summed E-state index contributed by atoms with van der Waals surface area (Å²) in [6.45, 7) is 3.49. The molecule has 2 aliphatic rings. The fourth-order valence-corrected chi connectivity index (χ4v) is 5.47. The van der Waals surface area contributed by atoms with Crippen molar-refractivity contribution in [3.63, 3.8) is 0 Å². The second kappa shape index (κ2) is 5.63. The van der Waals surface area contributed by atoms with Gasteiger partial charge in [0.1, 0.15) is 11.9 Å². The van der Waals surface area contributed by atoms with Crippen LogP contribution >= 0.6 is 23.1 Å². The molecule has 0 bridgehead atoms. The maximum atomic E-state index is 6.05. The molecule has 0 saturated carbocycles. The first kappa shape index (κ1) is 13.6. The molecule has 2 aromatic rings. The van der Waals surface area contributed by atoms with Crippen molar-refractivity contribution in [2.24, 2.45) is 0 Å². The van der Waals surface area contributed by atoms with E-state index in [1.807, 2.05) is 12.1 Å². The van der Waals surface area contributed by atoms with Gasteiger partial charge in [0, 0.05) is 42.8 Å². The van der Waals surface area contributed by atoms with E-state index in [4.69, 9.17) is 4.74 Å². The number of thioether (sulfide) groups is 1. The lowest BCUT2D eigenvalue weighted by Gasteiger charge is -2.47. The average Bonchev–Trinajstić information content (AvgIpc) is 3.10. The quantitative estimate of drug-likeness (QED) is 0.864. The molecule has 5 heteroatoms. The standard InChI is InChI=1S/C16H18N2OS2/c1-2-14(7-17-4-1)19-15-6-16(21-10-15)11-18(12-16)8-13-3-5-20-9-13/h1-5,7,9,15H,6,8,10-12H2. The highest BCUT2D eigenvalue weighted by Gasteiger charge is 2.49. The van der Waals surface area contributed by atoms with Crippen molar-refractivity contribution in [3.05, 3.63) is 46.9 Å². The molecule has 21 heavy (non-hydrogen) atoms. The fourth-order valence-electron chi connectivity index (χ4n) is 3.23. The van der Waals surface area contributed by atoms with Gasteiger partial charge in [-0.1, -0.05) is 0 Å². The summed E-state index contributed by atoms with van der Waals surface area (Å²) in [5, 5.41) is 4.41. The Hall–Kier alpha value is -1.04. The van der Waals surface area contributed by atoms with Crippen LogP contribution in [-0.4, -0.2) is 39.6 Å². The molecular weight excluding hydrogens is 300 g/mol. The van der Waals surface area contributed by atoms with Crippen molar-refractivity contribution in [1.29, 1.82) is 0 Å². The number of rotatable bonds is 4. The number of likely N-dealkylation sites (tertiary alicyclic amines) is 1. The molecule has 2 saturated heterocycles. The largest absolute Gasteiger partial charge is 0.488 e. The van der Waals surface area contributed by atoms with Crippen molar-refractivity contribution in [1.82, 2.24) is 9.88 Å². The van der Waals surface area contributed by atoms with Crippen LogP contribution < -0.4 is 4.74 Å². The molecule has 0 aromatic carbocycles. The van der Waals surface area contributed by atoms with Crippen molar-refractivity contribution < 1.29 is 4.74 Å². The van der Waals surface area contributed by atoms with Crippen molar-refractivity contribution in [2.45, 2.75) is 23.8 Å². The smallest absolute Gasteiger partial charge is 0.138 e. The van der Waals surface area contributed by atoms with Gasteiger partial charge in [-0.3, -0.25) is 9.88 Å². The summed E-state index contributed by atoms with van der Waals surface area (Å²) in [6.07, 6.45) is 5.08. The third-order valence-electron chi connectivity index (χ3n) is 4.12. The van der Waals surface area contributed by atoms with E-state index in [2.05, 4.69) is 38.5 Å². The van der Waals surface area contributed by atoms with Crippen LogP contribution in [0.5, 0.6) is 5.75 Å². The monoisotopic (exact) mass is 318 g/mol. The molecule has 4 rings (SSSR count). The Morgan fingerprint density at radius 1 is 1.38 bits per heavy atom. The van der Waals surface area contributed by atoms with Crippen LogP contribution in [0.4, 0.5) is 0 Å². The van der Waals surface area contributed by atoms with Gasteiger partial charge in [0.05, 0.1) is 6.20 Å². The van der Waals surface area contributed by atoms with Gasteiger partial charge in [-0.05, 0) is 34.5 Å². The molecule has 0 radical (unpaired) electrons. The zero-order chi connectivity index (χ0) is 14.1. The average molecular weight is 318 g/mol. The Morgan fingerprint density at radius 3 is 3.10 bits per heavy atom. The lowest BCUT2D eigenvalue weighted by atomic mass is 9.92. The van der Waals surface area contributed by atoms with Gasteiger partial charge in [-0.25, -0.2) is 0 Å². The number of aromatic nitrogens is 1. The van der Waals surface area contributed by atoms with E-state index < -0.39 is 0 Å². The Bertz CT molecular complexity index is 582. The number of hydrogen-bond acceptors (Lipinski definition) is 5. The molecule has 0 amide bonds. The normalized spacial score (nSPS) is 24.1. The Balaban J connectivity index is 1.29. The van der Waals surface area contributed by atoms with E-state index in [1.165, 1.54) is 18.7 Å². The van der Waals surface area contributed by atoms with Crippen LogP contribution in [0.2, 0.25) is 0 Å². The Morgan fingerprint density at radius 2 is 2.33 bits per heavy atom. The van der Waals surface area contributed by atoms with Crippen LogP contribution in [0.25, 0.3) is 0 Å². The van der Waals surface area contributed by atoms with Gasteiger partial charge in [0.15, 0.2) is 0 Å². The molecular formula is C16H18N2OS2. The lowest BCUT2D eigenvalue weighted by Crippen LogP contribution is -2.58. The molecule has 2 aliphatic heterocycles. The second-order valence-electron chi connectivity index (χ2n) is 5.90. The highest BCUT2D eigenvalue weighted by atomic mass is 32.2. The lowest BCUT2D eigenvalue weighted by molar-refractivity contribution is 0.0921. The second-order valence-corrected chi connectivity index (χ2v) is 8.17. The fraction of sp³-hybridized carbons (Fsp3) is 0.438. The molecule has 2 fully saturated rings. The molecule has 1 unspecified atom stereocenters. The molecule has 0 aliphatic carbocycles. The van der Waals surface area contributed by atoms with Crippen LogP contribution in [0.15, 0.2) is 41.4 Å². The minimum atomic E-state index is 0.336. The molecule has 110 valence electrons. The number of nitrogens with zero attached hydrogens (tertiary/aromatic N) is 2. The first-order valence-electron chi connectivity index (χ1n) is 7.25. The van der Waals surface area contributed by atoms with E-state index in [0.29, 0.717) is 10.9 Å². The molecule has 1 spiro atoms. The van der Waals surface area contributed by atoms with E-state index in [0.717, 1.165) is 24.5 Å². The van der Waals surface area contributed by atoms with E-state index in [1.54, 1.807) is 23.7 Å². The summed E-state index contributed by atoms with van der Waals surface area (Å²) < 4.78 is 6.48. The van der Waals surface area contributed by atoms with Crippen molar-refractivity contribution in [3.8, 4) is 5.75 Å². The summed E-state index contributed by atoms with van der Waals surface area (Å²) in [6, 6.07) is 6.15. The zero-order valence-corrected chi connectivity index (χ0v) is 13.4. The molecule has 3 nitrogen and oxygen atoms in total. The summed E-state index contributed by atoms with van der Waals surface area (Å²) in [5.74, 6) is 2.00. The third-order valence-corrected chi connectivity index (χ3v) is 6.43. The first-order chi connectivity index (χ1) is 10.3. The van der Waals surface area contributed by atoms with Crippen molar-refractivity contribution in [2.75, 3.05) is 18.8 Å². The maximum Gasteiger partial charge on any atom is 0.138 e. The van der Waals surface area contributed by atoms with E-state index >= 15 is 0 Å². The summed E-state index contributed by atoms with van der Waals surface area (Å²) >= 11 is 3.87. The van der Waals surface area contributed by atoms with Crippen molar-refractivity contribution >= 4 is 23.1 Å². The van der Waals surface area contributed by atoms with Crippen LogP contribution in [0.3, 0.4) is 0 Å². The molecule has 0 N–H and O–H groups in total. The molecule has 4 heterocycles. The first-order valence-corrected chi connectivity index (χ1v) is 9.18. The minimum Gasteiger partial charge on any atom is -0.488 e. The summed E-state index contributed by atoms with van der Waals surface area (Å²) in [7, 11) is 0. The van der Waals surface area contributed by atoms with Crippen LogP contribution in [-0.2, 0) is 6.54 Å². The number of ether oxygens (including phenoxy) is 1. The number of hydrogen-bond donors (Lipinski definition) is 0. The Labute approximate surface area is 133 Å². The van der Waals surface area contributed by atoms with Gasteiger partial charge in [0.2, 0.25) is 0 Å². The van der Waals surface area contributed by atoms with E-state index in [9.17, 15) is 0 Å². The van der Waals surface area contributed by atoms with Gasteiger partial charge in [-0.15, -0.1) is 11.8 Å². The van der Waals surface area contributed by atoms with Gasteiger partial charge in [-0.2, -0.15) is 11.3 Å². The molecule has 2 aromatic heterocycles. The minimum absolute atomic E-state index is 0.336. The summed E-state index contributed by atoms with van der Waals surface area (Å²) in [4.78, 5) is 6.66. The molecule has 1 atom stereocenters. The van der Waals surface area contributed by atoms with Crippen LogP contribution in [0.1, 0.15) is 12.0 Å². The summed E-state index contributed by atoms with van der Waals surface area (Å²) in [5.41, 5.74) is 1.45.